The smallest absolute Gasteiger partial charge is 0.106 e. The summed E-state index contributed by atoms with van der Waals surface area (Å²) in [5.74, 6) is 0. The highest BCUT2D eigenvalue weighted by atomic mass is 127. The maximum atomic E-state index is 5.95. The molecule has 1 aromatic carbocycles. The molecule has 1 heterocycles. The summed E-state index contributed by atoms with van der Waals surface area (Å²) in [5.41, 5.74) is 7.21. The summed E-state index contributed by atoms with van der Waals surface area (Å²) in [7, 11) is 0. The molecule has 0 radical (unpaired) electrons. The molecule has 0 amide bonds. The fourth-order valence-electron chi connectivity index (χ4n) is 1.34. The van der Waals surface area contributed by atoms with Crippen LogP contribution in [0.3, 0.4) is 0 Å². The largest absolute Gasteiger partial charge is 0.389 e. The number of hydrogen-bond donors (Lipinski definition) is 1. The molecule has 0 spiro atoms. The fraction of sp³-hybridized carbons (Fsp3) is 0. The zero-order valence-electron chi connectivity index (χ0n) is 8.02. The second kappa shape index (κ2) is 4.68. The van der Waals surface area contributed by atoms with Crippen LogP contribution in [0.15, 0.2) is 30.6 Å². The van der Waals surface area contributed by atoms with Crippen molar-refractivity contribution in [3.05, 3.63) is 44.7 Å². The minimum Gasteiger partial charge on any atom is -0.389 e. The highest BCUT2D eigenvalue weighted by Gasteiger charge is 2.09. The summed E-state index contributed by atoms with van der Waals surface area (Å²) in [6.07, 6.45) is 3.64. The average Bonchev–Trinajstić information content (AvgIpc) is 2.64. The Labute approximate surface area is 117 Å². The van der Waals surface area contributed by atoms with Crippen LogP contribution < -0.4 is 5.73 Å². The van der Waals surface area contributed by atoms with Gasteiger partial charge in [0.1, 0.15) is 4.99 Å². The second-order valence-corrected chi connectivity index (χ2v) is 5.25. The molecule has 0 aliphatic rings. The molecule has 0 saturated heterocycles. The van der Waals surface area contributed by atoms with E-state index in [-0.39, 0.29) is 0 Å². The molecule has 2 N–H and O–H groups in total. The molecule has 2 aromatic rings. The van der Waals surface area contributed by atoms with Gasteiger partial charge < -0.3 is 5.73 Å². The number of nitrogens with two attached hydrogens (primary N) is 1. The third-order valence-electron chi connectivity index (χ3n) is 2.02. The monoisotopic (exact) mass is 363 g/mol. The van der Waals surface area contributed by atoms with Crippen molar-refractivity contribution in [2.45, 2.75) is 0 Å². The summed E-state index contributed by atoms with van der Waals surface area (Å²) in [4.78, 5) is 0.331. The number of hydrogen-bond acceptors (Lipinski definition) is 2. The van der Waals surface area contributed by atoms with Crippen LogP contribution in [0.1, 0.15) is 5.56 Å². The number of nitrogens with zero attached hydrogens (tertiary/aromatic N) is 2. The second-order valence-electron chi connectivity index (χ2n) is 3.13. The molecule has 0 fully saturated rings. The molecule has 3 nitrogen and oxygen atoms in total. The van der Waals surface area contributed by atoms with Gasteiger partial charge in [0, 0.05) is 16.8 Å². The number of halogens is 2. The minimum atomic E-state index is 0.331. The van der Waals surface area contributed by atoms with Gasteiger partial charge >= 0.3 is 0 Å². The van der Waals surface area contributed by atoms with E-state index in [2.05, 4.69) is 27.7 Å². The van der Waals surface area contributed by atoms with Crippen LogP contribution in [0.25, 0.3) is 5.69 Å². The van der Waals surface area contributed by atoms with Gasteiger partial charge in [-0.3, -0.25) is 0 Å². The molecule has 0 bridgehead atoms. The van der Waals surface area contributed by atoms with Crippen LogP contribution in [0.4, 0.5) is 0 Å². The van der Waals surface area contributed by atoms with Gasteiger partial charge in [-0.25, -0.2) is 4.68 Å². The number of thiocarbonyl (C=S) groups is 1. The van der Waals surface area contributed by atoms with Crippen molar-refractivity contribution in [1.29, 1.82) is 0 Å². The molecule has 0 unspecified atom stereocenters. The standard InChI is InChI=1S/C10H7ClIN3S/c11-6-1-2-8(10(13)16)9(3-6)15-5-7(12)4-14-15/h1-5H,(H2,13,16). The van der Waals surface area contributed by atoms with Gasteiger partial charge in [-0.15, -0.1) is 0 Å². The predicted octanol–water partition coefficient (Wildman–Crippen LogP) is 2.76. The first-order chi connectivity index (χ1) is 7.58. The summed E-state index contributed by atoms with van der Waals surface area (Å²) in [6, 6.07) is 5.35. The Morgan fingerprint density at radius 1 is 1.50 bits per heavy atom. The Bertz CT molecular complexity index is 553. The molecule has 2 rings (SSSR count). The summed E-state index contributed by atoms with van der Waals surface area (Å²) in [5, 5.41) is 4.83. The van der Waals surface area contributed by atoms with Gasteiger partial charge in [-0.2, -0.15) is 5.10 Å². The van der Waals surface area contributed by atoms with Crippen LogP contribution >= 0.6 is 46.4 Å². The zero-order valence-corrected chi connectivity index (χ0v) is 11.8. The van der Waals surface area contributed by atoms with Crippen molar-refractivity contribution in [2.24, 2.45) is 5.73 Å². The van der Waals surface area contributed by atoms with Gasteiger partial charge in [0.2, 0.25) is 0 Å². The first kappa shape index (κ1) is 11.8. The predicted molar refractivity (Wildman–Crippen MR) is 77.2 cm³/mol. The van der Waals surface area contributed by atoms with Crippen molar-refractivity contribution in [2.75, 3.05) is 0 Å². The molecular formula is C10H7ClIN3S. The van der Waals surface area contributed by atoms with Crippen molar-refractivity contribution in [3.63, 3.8) is 0 Å². The Morgan fingerprint density at radius 2 is 2.25 bits per heavy atom. The van der Waals surface area contributed by atoms with E-state index < -0.39 is 0 Å². The third kappa shape index (κ3) is 2.36. The number of benzene rings is 1. The first-order valence-corrected chi connectivity index (χ1v) is 6.24. The van der Waals surface area contributed by atoms with E-state index in [0.29, 0.717) is 10.0 Å². The van der Waals surface area contributed by atoms with Crippen LogP contribution in [0, 0.1) is 3.57 Å². The van der Waals surface area contributed by atoms with Gasteiger partial charge in [0.15, 0.2) is 0 Å². The van der Waals surface area contributed by atoms with E-state index in [1.165, 1.54) is 0 Å². The maximum Gasteiger partial charge on any atom is 0.106 e. The summed E-state index contributed by atoms with van der Waals surface area (Å²) in [6.45, 7) is 0. The molecule has 6 heteroatoms. The van der Waals surface area contributed by atoms with Gasteiger partial charge in [-0.05, 0) is 40.8 Å². The molecule has 0 aliphatic heterocycles. The van der Waals surface area contributed by atoms with Crippen LogP contribution in [-0.4, -0.2) is 14.8 Å². The Morgan fingerprint density at radius 3 is 2.81 bits per heavy atom. The van der Waals surface area contributed by atoms with Crippen LogP contribution in [0.5, 0.6) is 0 Å². The first-order valence-electron chi connectivity index (χ1n) is 4.38. The lowest BCUT2D eigenvalue weighted by atomic mass is 10.2. The van der Waals surface area contributed by atoms with E-state index in [4.69, 9.17) is 29.6 Å². The SMILES string of the molecule is NC(=S)c1ccc(Cl)cc1-n1cc(I)cn1. The summed E-state index contributed by atoms with van der Waals surface area (Å²) < 4.78 is 2.74. The molecular weight excluding hydrogens is 357 g/mol. The van der Waals surface area contributed by atoms with E-state index in [0.717, 1.165) is 14.8 Å². The maximum absolute atomic E-state index is 5.95. The van der Waals surface area contributed by atoms with Crippen molar-refractivity contribution >= 4 is 51.4 Å². The van der Waals surface area contributed by atoms with E-state index >= 15 is 0 Å². The van der Waals surface area contributed by atoms with Crippen LogP contribution in [0.2, 0.25) is 5.02 Å². The zero-order chi connectivity index (χ0) is 11.7. The van der Waals surface area contributed by atoms with Gasteiger partial charge in [0.25, 0.3) is 0 Å². The Hall–Kier alpha value is -0.660. The Kier molecular flexibility index (Phi) is 3.46. The number of rotatable bonds is 2. The van der Waals surface area contributed by atoms with Crippen molar-refractivity contribution in [3.8, 4) is 5.69 Å². The third-order valence-corrected chi connectivity index (χ3v) is 3.04. The average molecular weight is 364 g/mol. The van der Waals surface area contributed by atoms with Crippen LogP contribution in [-0.2, 0) is 0 Å². The Balaban J connectivity index is 2.62. The van der Waals surface area contributed by atoms with E-state index in [9.17, 15) is 0 Å². The minimum absolute atomic E-state index is 0.331. The summed E-state index contributed by atoms with van der Waals surface area (Å²) >= 11 is 13.1. The molecule has 16 heavy (non-hydrogen) atoms. The quantitative estimate of drug-likeness (QED) is 0.659. The fourth-order valence-corrected chi connectivity index (χ4v) is 2.06. The van der Waals surface area contributed by atoms with Gasteiger partial charge in [0.05, 0.1) is 15.5 Å². The normalized spacial score (nSPS) is 10.4. The molecule has 0 aliphatic carbocycles. The highest BCUT2D eigenvalue weighted by Crippen LogP contribution is 2.20. The van der Waals surface area contributed by atoms with E-state index in [1.54, 1.807) is 29.1 Å². The van der Waals surface area contributed by atoms with Crippen molar-refractivity contribution in [1.82, 2.24) is 9.78 Å². The molecule has 82 valence electrons. The lowest BCUT2D eigenvalue weighted by molar-refractivity contribution is 0.878. The topological polar surface area (TPSA) is 43.8 Å². The van der Waals surface area contributed by atoms with Gasteiger partial charge in [-0.1, -0.05) is 23.8 Å². The highest BCUT2D eigenvalue weighted by molar-refractivity contribution is 14.1. The van der Waals surface area contributed by atoms with E-state index in [1.807, 2.05) is 6.20 Å². The molecule has 0 atom stereocenters. The molecule has 1 aromatic heterocycles. The van der Waals surface area contributed by atoms with Crippen molar-refractivity contribution < 1.29 is 0 Å². The number of aromatic nitrogens is 2. The molecule has 0 saturated carbocycles. The lowest BCUT2D eigenvalue weighted by Crippen LogP contribution is -2.13. The lowest BCUT2D eigenvalue weighted by Gasteiger charge is -2.08.